The molecule has 0 saturated carbocycles. The van der Waals surface area contributed by atoms with Crippen LogP contribution in [0.1, 0.15) is 49.5 Å². The first-order valence-corrected chi connectivity index (χ1v) is 5.99. The summed E-state index contributed by atoms with van der Waals surface area (Å²) < 4.78 is 5.39. The second-order valence-electron chi connectivity index (χ2n) is 4.16. The Morgan fingerprint density at radius 2 is 1.94 bits per heavy atom. The summed E-state index contributed by atoms with van der Waals surface area (Å²) in [5, 5.41) is 9.60. The molecule has 0 amide bonds. The van der Waals surface area contributed by atoms with Crippen LogP contribution in [0.4, 0.5) is 0 Å². The van der Waals surface area contributed by atoms with Crippen LogP contribution in [0.2, 0.25) is 0 Å². The fourth-order valence-corrected chi connectivity index (χ4v) is 1.78. The van der Waals surface area contributed by atoms with Gasteiger partial charge >= 0.3 is 5.97 Å². The highest BCUT2D eigenvalue weighted by atomic mass is 16.5. The number of esters is 1. The minimum absolute atomic E-state index is 0.193. The zero-order valence-corrected chi connectivity index (χ0v) is 10.9. The molecule has 0 heterocycles. The molecule has 0 saturated heterocycles. The van der Waals surface area contributed by atoms with Gasteiger partial charge in [-0.05, 0) is 43.0 Å². The average molecular weight is 236 g/mol. The highest BCUT2D eigenvalue weighted by Gasteiger charge is 2.17. The molecule has 0 aliphatic heterocycles. The molecule has 0 aromatic heterocycles. The van der Waals surface area contributed by atoms with Crippen molar-refractivity contribution < 1.29 is 14.6 Å². The van der Waals surface area contributed by atoms with E-state index in [-0.39, 0.29) is 17.8 Å². The highest BCUT2D eigenvalue weighted by molar-refractivity contribution is 5.69. The maximum Gasteiger partial charge on any atom is 0.306 e. The first-order chi connectivity index (χ1) is 8.01. The lowest BCUT2D eigenvalue weighted by molar-refractivity contribution is -0.149. The molecule has 17 heavy (non-hydrogen) atoms. The molecule has 0 fully saturated rings. The number of benzene rings is 1. The summed E-state index contributed by atoms with van der Waals surface area (Å²) in [6, 6.07) is 3.48. The van der Waals surface area contributed by atoms with E-state index in [1.165, 1.54) is 0 Å². The Bertz CT molecular complexity index is 410. The van der Waals surface area contributed by atoms with E-state index in [4.69, 9.17) is 4.74 Å². The topological polar surface area (TPSA) is 46.5 Å². The van der Waals surface area contributed by atoms with E-state index >= 15 is 0 Å². The van der Waals surface area contributed by atoms with Crippen molar-refractivity contribution in [2.45, 2.75) is 46.6 Å². The summed E-state index contributed by atoms with van der Waals surface area (Å²) in [7, 11) is 0. The normalized spacial score (nSPS) is 12.2. The molecule has 1 aromatic carbocycles. The maximum absolute atomic E-state index is 11.3. The fourth-order valence-electron chi connectivity index (χ4n) is 1.78. The smallest absolute Gasteiger partial charge is 0.306 e. The third-order valence-electron chi connectivity index (χ3n) is 3.08. The molecule has 94 valence electrons. The standard InChI is InChI=1S/C14H20O3/c1-5-13(17-14(16)6-2)11-7-8-12(15)10(4)9(11)3/h7-8,13,15H,5-6H2,1-4H3. The molecule has 0 aliphatic rings. The highest BCUT2D eigenvalue weighted by Crippen LogP contribution is 2.30. The Hall–Kier alpha value is -1.51. The number of hydrogen-bond donors (Lipinski definition) is 1. The van der Waals surface area contributed by atoms with Crippen LogP contribution in [0.5, 0.6) is 5.75 Å². The van der Waals surface area contributed by atoms with Crippen molar-refractivity contribution >= 4 is 5.97 Å². The molecular formula is C14H20O3. The number of phenolic OH excluding ortho intramolecular Hbond substituents is 1. The summed E-state index contributed by atoms with van der Waals surface area (Å²) in [4.78, 5) is 11.3. The van der Waals surface area contributed by atoms with Gasteiger partial charge in [0.1, 0.15) is 11.9 Å². The Morgan fingerprint density at radius 3 is 2.47 bits per heavy atom. The molecule has 1 rings (SSSR count). The van der Waals surface area contributed by atoms with E-state index < -0.39 is 0 Å². The van der Waals surface area contributed by atoms with Crippen LogP contribution in [0.3, 0.4) is 0 Å². The zero-order chi connectivity index (χ0) is 13.0. The predicted octanol–water partition coefficient (Wildman–Crippen LogP) is 3.41. The minimum Gasteiger partial charge on any atom is -0.508 e. The lowest BCUT2D eigenvalue weighted by Gasteiger charge is -2.19. The monoisotopic (exact) mass is 236 g/mol. The first kappa shape index (κ1) is 13.6. The number of rotatable bonds is 4. The van der Waals surface area contributed by atoms with Crippen molar-refractivity contribution in [2.24, 2.45) is 0 Å². The van der Waals surface area contributed by atoms with Crippen LogP contribution in [-0.2, 0) is 9.53 Å². The van der Waals surface area contributed by atoms with Gasteiger partial charge in [0.25, 0.3) is 0 Å². The number of phenols is 1. The van der Waals surface area contributed by atoms with E-state index in [9.17, 15) is 9.90 Å². The number of carbonyl (C=O) groups is 1. The molecule has 1 N–H and O–H groups in total. The third-order valence-corrected chi connectivity index (χ3v) is 3.08. The van der Waals surface area contributed by atoms with Gasteiger partial charge < -0.3 is 9.84 Å². The number of aromatic hydroxyl groups is 1. The Labute approximate surface area is 102 Å². The molecule has 3 heteroatoms. The molecule has 0 radical (unpaired) electrons. The van der Waals surface area contributed by atoms with Gasteiger partial charge in [-0.3, -0.25) is 4.79 Å². The van der Waals surface area contributed by atoms with Gasteiger partial charge in [-0.1, -0.05) is 19.9 Å². The molecule has 1 aromatic rings. The van der Waals surface area contributed by atoms with Crippen molar-refractivity contribution in [3.63, 3.8) is 0 Å². The molecule has 1 unspecified atom stereocenters. The van der Waals surface area contributed by atoms with Gasteiger partial charge in [0.15, 0.2) is 0 Å². The maximum atomic E-state index is 11.3. The molecule has 0 spiro atoms. The summed E-state index contributed by atoms with van der Waals surface area (Å²) >= 11 is 0. The SMILES string of the molecule is CCC(=O)OC(CC)c1ccc(O)c(C)c1C. The second kappa shape index (κ2) is 5.71. The predicted molar refractivity (Wildman–Crippen MR) is 67.0 cm³/mol. The van der Waals surface area contributed by atoms with Gasteiger partial charge in [-0.25, -0.2) is 0 Å². The number of ether oxygens (including phenoxy) is 1. The Balaban J connectivity index is 3.04. The van der Waals surface area contributed by atoms with Crippen LogP contribution in [0, 0.1) is 13.8 Å². The van der Waals surface area contributed by atoms with Crippen LogP contribution < -0.4 is 0 Å². The van der Waals surface area contributed by atoms with Crippen molar-refractivity contribution in [1.29, 1.82) is 0 Å². The van der Waals surface area contributed by atoms with Crippen molar-refractivity contribution in [3.8, 4) is 5.75 Å². The third kappa shape index (κ3) is 2.99. The van der Waals surface area contributed by atoms with Crippen molar-refractivity contribution in [2.75, 3.05) is 0 Å². The van der Waals surface area contributed by atoms with Gasteiger partial charge in [0.05, 0.1) is 0 Å². The van der Waals surface area contributed by atoms with E-state index in [1.807, 2.05) is 26.8 Å². The van der Waals surface area contributed by atoms with E-state index in [1.54, 1.807) is 13.0 Å². The van der Waals surface area contributed by atoms with Crippen molar-refractivity contribution in [3.05, 3.63) is 28.8 Å². The Morgan fingerprint density at radius 1 is 1.29 bits per heavy atom. The molecular weight excluding hydrogens is 216 g/mol. The molecule has 3 nitrogen and oxygen atoms in total. The summed E-state index contributed by atoms with van der Waals surface area (Å²) in [5.74, 6) is 0.0879. The van der Waals surface area contributed by atoms with Crippen LogP contribution >= 0.6 is 0 Å². The average Bonchev–Trinajstić information content (AvgIpc) is 2.33. The molecule has 1 atom stereocenters. The first-order valence-electron chi connectivity index (χ1n) is 5.99. The lowest BCUT2D eigenvalue weighted by Crippen LogP contribution is -2.11. The summed E-state index contributed by atoms with van der Waals surface area (Å²) in [6.45, 7) is 7.56. The fraction of sp³-hybridized carbons (Fsp3) is 0.500. The van der Waals surface area contributed by atoms with Crippen molar-refractivity contribution in [1.82, 2.24) is 0 Å². The van der Waals surface area contributed by atoms with E-state index in [0.717, 1.165) is 23.1 Å². The summed E-state index contributed by atoms with van der Waals surface area (Å²) in [5.41, 5.74) is 2.80. The largest absolute Gasteiger partial charge is 0.508 e. The van der Waals surface area contributed by atoms with E-state index in [0.29, 0.717) is 6.42 Å². The quantitative estimate of drug-likeness (QED) is 0.815. The summed E-state index contributed by atoms with van der Waals surface area (Å²) in [6.07, 6.45) is 0.894. The molecule has 0 aliphatic carbocycles. The Kier molecular flexibility index (Phi) is 4.55. The van der Waals surface area contributed by atoms with Gasteiger partial charge in [-0.15, -0.1) is 0 Å². The van der Waals surface area contributed by atoms with Crippen LogP contribution in [0.25, 0.3) is 0 Å². The zero-order valence-electron chi connectivity index (χ0n) is 10.9. The second-order valence-corrected chi connectivity index (χ2v) is 4.16. The van der Waals surface area contributed by atoms with E-state index in [2.05, 4.69) is 0 Å². The number of hydrogen-bond acceptors (Lipinski definition) is 3. The minimum atomic E-state index is -0.221. The van der Waals surface area contributed by atoms with Crippen LogP contribution in [-0.4, -0.2) is 11.1 Å². The number of carbonyl (C=O) groups excluding carboxylic acids is 1. The molecule has 0 bridgehead atoms. The van der Waals surface area contributed by atoms with Crippen LogP contribution in [0.15, 0.2) is 12.1 Å². The lowest BCUT2D eigenvalue weighted by atomic mass is 9.97. The van der Waals surface area contributed by atoms with Gasteiger partial charge in [0, 0.05) is 6.42 Å². The van der Waals surface area contributed by atoms with Gasteiger partial charge in [-0.2, -0.15) is 0 Å². The van der Waals surface area contributed by atoms with Gasteiger partial charge in [0.2, 0.25) is 0 Å².